The van der Waals surface area contributed by atoms with Crippen molar-refractivity contribution in [2.24, 2.45) is 23.5 Å². The maximum absolute atomic E-state index is 6.51. The zero-order valence-corrected chi connectivity index (χ0v) is 12.0. The van der Waals surface area contributed by atoms with Crippen LogP contribution in [0.25, 0.3) is 0 Å². The number of hydrogen-bond donors (Lipinski definition) is 1. The van der Waals surface area contributed by atoms with E-state index in [2.05, 4.69) is 13.0 Å². The van der Waals surface area contributed by atoms with Gasteiger partial charge in [0.25, 0.3) is 0 Å². The molecule has 0 heterocycles. The Bertz CT molecular complexity index is 476. The first-order chi connectivity index (χ1) is 9.17. The molecule has 2 aliphatic carbocycles. The van der Waals surface area contributed by atoms with Gasteiger partial charge in [0.2, 0.25) is 0 Å². The van der Waals surface area contributed by atoms with Crippen LogP contribution in [0, 0.1) is 24.7 Å². The van der Waals surface area contributed by atoms with E-state index < -0.39 is 0 Å². The second kappa shape index (κ2) is 4.71. The number of aryl methyl sites for hydroxylation is 1. The lowest BCUT2D eigenvalue weighted by atomic mass is 9.94. The molecule has 0 bridgehead atoms. The normalized spacial score (nSPS) is 29.8. The molecule has 1 aromatic carbocycles. The van der Waals surface area contributed by atoms with Gasteiger partial charge in [0, 0.05) is 6.04 Å². The van der Waals surface area contributed by atoms with Gasteiger partial charge in [0.1, 0.15) is 0 Å². The van der Waals surface area contributed by atoms with Crippen LogP contribution in [-0.2, 0) is 0 Å². The van der Waals surface area contributed by atoms with Gasteiger partial charge in [-0.05, 0) is 60.8 Å². The second-order valence-corrected chi connectivity index (χ2v) is 5.93. The molecule has 3 atom stereocenters. The van der Waals surface area contributed by atoms with E-state index in [-0.39, 0.29) is 6.04 Å². The molecular weight excluding hydrogens is 238 g/mol. The molecule has 0 saturated heterocycles. The monoisotopic (exact) mass is 261 g/mol. The molecule has 19 heavy (non-hydrogen) atoms. The molecule has 0 aromatic heterocycles. The lowest BCUT2D eigenvalue weighted by molar-refractivity contribution is 0.353. The summed E-state index contributed by atoms with van der Waals surface area (Å²) in [4.78, 5) is 0. The third-order valence-electron chi connectivity index (χ3n) is 5.02. The van der Waals surface area contributed by atoms with Gasteiger partial charge < -0.3 is 15.2 Å². The number of nitrogens with two attached hydrogens (primary N) is 1. The van der Waals surface area contributed by atoms with Crippen LogP contribution in [0.15, 0.2) is 12.1 Å². The fraction of sp³-hybridized carbons (Fsp3) is 0.625. The Balaban J connectivity index is 1.87. The summed E-state index contributed by atoms with van der Waals surface area (Å²) < 4.78 is 10.7. The smallest absolute Gasteiger partial charge is 0.161 e. The quantitative estimate of drug-likeness (QED) is 0.906. The average molecular weight is 261 g/mol. The molecule has 1 aromatic rings. The van der Waals surface area contributed by atoms with Crippen LogP contribution in [-0.4, -0.2) is 14.2 Å². The molecule has 3 nitrogen and oxygen atoms in total. The van der Waals surface area contributed by atoms with E-state index in [0.29, 0.717) is 5.92 Å². The first-order valence-electron chi connectivity index (χ1n) is 7.15. The van der Waals surface area contributed by atoms with Crippen molar-refractivity contribution in [1.29, 1.82) is 0 Å². The minimum Gasteiger partial charge on any atom is -0.493 e. The highest BCUT2D eigenvalue weighted by Crippen LogP contribution is 2.62. The number of benzene rings is 1. The van der Waals surface area contributed by atoms with Crippen LogP contribution in [0.1, 0.15) is 36.4 Å². The summed E-state index contributed by atoms with van der Waals surface area (Å²) in [5.41, 5.74) is 8.93. The Morgan fingerprint density at radius 3 is 2.26 bits per heavy atom. The first kappa shape index (κ1) is 12.8. The van der Waals surface area contributed by atoms with Gasteiger partial charge in [-0.15, -0.1) is 0 Å². The fourth-order valence-electron chi connectivity index (χ4n) is 3.97. The minimum atomic E-state index is 0.148. The molecule has 2 fully saturated rings. The highest BCUT2D eigenvalue weighted by molar-refractivity contribution is 5.48. The number of methoxy groups -OCH3 is 2. The van der Waals surface area contributed by atoms with Crippen molar-refractivity contribution in [3.63, 3.8) is 0 Å². The van der Waals surface area contributed by atoms with Gasteiger partial charge in [-0.3, -0.25) is 0 Å². The van der Waals surface area contributed by atoms with Crippen LogP contribution in [0.4, 0.5) is 0 Å². The van der Waals surface area contributed by atoms with E-state index in [1.165, 1.54) is 30.4 Å². The predicted octanol–water partition coefficient (Wildman–Crippen LogP) is 3.06. The summed E-state index contributed by atoms with van der Waals surface area (Å²) in [6, 6.07) is 4.24. The van der Waals surface area contributed by atoms with Gasteiger partial charge in [0.15, 0.2) is 11.5 Å². The molecule has 0 aliphatic heterocycles. The number of rotatable bonds is 4. The van der Waals surface area contributed by atoms with E-state index in [0.717, 1.165) is 23.3 Å². The predicted molar refractivity (Wildman–Crippen MR) is 75.5 cm³/mol. The third-order valence-corrected chi connectivity index (χ3v) is 5.02. The molecule has 0 radical (unpaired) electrons. The Labute approximate surface area is 115 Å². The molecule has 3 unspecified atom stereocenters. The average Bonchev–Trinajstić information content (AvgIpc) is 2.90. The lowest BCUT2D eigenvalue weighted by Gasteiger charge is -2.19. The fourth-order valence-corrected chi connectivity index (χ4v) is 3.97. The van der Waals surface area contributed by atoms with Crippen LogP contribution >= 0.6 is 0 Å². The maximum atomic E-state index is 6.51. The zero-order valence-electron chi connectivity index (χ0n) is 12.0. The molecule has 2 aliphatic rings. The van der Waals surface area contributed by atoms with Crippen LogP contribution in [0.3, 0.4) is 0 Å². The van der Waals surface area contributed by atoms with Gasteiger partial charge in [-0.2, -0.15) is 0 Å². The van der Waals surface area contributed by atoms with Gasteiger partial charge in [-0.25, -0.2) is 0 Å². The Hall–Kier alpha value is -1.22. The molecule has 3 rings (SSSR count). The van der Waals surface area contributed by atoms with Crippen LogP contribution < -0.4 is 15.2 Å². The number of hydrogen-bond acceptors (Lipinski definition) is 3. The van der Waals surface area contributed by atoms with E-state index in [4.69, 9.17) is 15.2 Å². The topological polar surface area (TPSA) is 44.5 Å². The Morgan fingerprint density at radius 2 is 1.68 bits per heavy atom. The largest absolute Gasteiger partial charge is 0.493 e. The highest BCUT2D eigenvalue weighted by atomic mass is 16.5. The molecule has 2 saturated carbocycles. The van der Waals surface area contributed by atoms with Crippen molar-refractivity contribution in [2.75, 3.05) is 14.2 Å². The second-order valence-electron chi connectivity index (χ2n) is 5.93. The van der Waals surface area contributed by atoms with Crippen molar-refractivity contribution in [3.8, 4) is 11.5 Å². The van der Waals surface area contributed by atoms with Gasteiger partial charge in [0.05, 0.1) is 14.2 Å². The molecule has 0 spiro atoms. The standard InChI is InChI=1S/C16H23NO2/c1-9-7-13(18-2)14(19-3)8-12(9)16(17)15-10-5-4-6-11(10)15/h7-8,10-11,15-16H,4-6,17H2,1-3H3. The minimum absolute atomic E-state index is 0.148. The van der Waals surface area contributed by atoms with Gasteiger partial charge in [-0.1, -0.05) is 6.42 Å². The van der Waals surface area contributed by atoms with Gasteiger partial charge >= 0.3 is 0 Å². The van der Waals surface area contributed by atoms with Crippen LogP contribution in [0.5, 0.6) is 11.5 Å². The highest BCUT2D eigenvalue weighted by Gasteiger charge is 2.55. The SMILES string of the molecule is COc1cc(C)c(C(N)C2C3CCCC32)cc1OC. The first-order valence-corrected chi connectivity index (χ1v) is 7.15. The Morgan fingerprint density at radius 1 is 1.11 bits per heavy atom. The van der Waals surface area contributed by atoms with E-state index in [9.17, 15) is 0 Å². The maximum Gasteiger partial charge on any atom is 0.161 e. The zero-order chi connectivity index (χ0) is 13.6. The molecular formula is C16H23NO2. The molecule has 3 heteroatoms. The summed E-state index contributed by atoms with van der Waals surface area (Å²) >= 11 is 0. The number of ether oxygens (including phenoxy) is 2. The summed E-state index contributed by atoms with van der Waals surface area (Å²) in [7, 11) is 3.34. The lowest BCUT2D eigenvalue weighted by Crippen LogP contribution is -2.17. The van der Waals surface area contributed by atoms with Crippen molar-refractivity contribution in [3.05, 3.63) is 23.3 Å². The summed E-state index contributed by atoms with van der Waals surface area (Å²) in [6.45, 7) is 2.11. The Kier molecular flexibility index (Phi) is 3.17. The van der Waals surface area contributed by atoms with E-state index in [1.807, 2.05) is 6.07 Å². The molecule has 0 amide bonds. The summed E-state index contributed by atoms with van der Waals surface area (Å²) in [5, 5.41) is 0. The van der Waals surface area contributed by atoms with Crippen molar-refractivity contribution in [1.82, 2.24) is 0 Å². The summed E-state index contributed by atoms with van der Waals surface area (Å²) in [5.74, 6) is 4.01. The van der Waals surface area contributed by atoms with Crippen molar-refractivity contribution < 1.29 is 9.47 Å². The number of fused-ring (bicyclic) bond motifs is 1. The van der Waals surface area contributed by atoms with Crippen LogP contribution in [0.2, 0.25) is 0 Å². The van der Waals surface area contributed by atoms with Crippen molar-refractivity contribution in [2.45, 2.75) is 32.2 Å². The third kappa shape index (κ3) is 2.00. The summed E-state index contributed by atoms with van der Waals surface area (Å²) in [6.07, 6.45) is 4.13. The molecule has 104 valence electrons. The molecule has 2 N–H and O–H groups in total. The van der Waals surface area contributed by atoms with E-state index in [1.54, 1.807) is 14.2 Å². The van der Waals surface area contributed by atoms with Crippen molar-refractivity contribution >= 4 is 0 Å². The van der Waals surface area contributed by atoms with E-state index >= 15 is 0 Å².